The summed E-state index contributed by atoms with van der Waals surface area (Å²) >= 11 is 0. The van der Waals surface area contributed by atoms with Crippen LogP contribution in [0.2, 0.25) is 0 Å². The SMILES string of the molecule is Cc1ccc(C(=O)NCCCC[C@H](NC(=O)N[C@@H](CCC(=O)O)C(=O)O)C(=O)O)c(F)c1. The number of aryl methyl sites for hydroxylation is 1. The van der Waals surface area contributed by atoms with E-state index in [0.29, 0.717) is 12.0 Å². The zero-order valence-corrected chi connectivity index (χ0v) is 17.4. The third-order valence-electron chi connectivity index (χ3n) is 4.43. The molecule has 0 spiro atoms. The van der Waals surface area contributed by atoms with Gasteiger partial charge in [0.2, 0.25) is 0 Å². The first-order valence-corrected chi connectivity index (χ1v) is 9.80. The summed E-state index contributed by atoms with van der Waals surface area (Å²) in [7, 11) is 0. The Labute approximate surface area is 183 Å². The molecular formula is C20H26FN3O8. The molecule has 176 valence electrons. The first-order valence-electron chi connectivity index (χ1n) is 9.80. The van der Waals surface area contributed by atoms with Crippen LogP contribution < -0.4 is 16.0 Å². The lowest BCUT2D eigenvalue weighted by atomic mass is 10.1. The zero-order chi connectivity index (χ0) is 24.3. The molecule has 0 radical (unpaired) electrons. The van der Waals surface area contributed by atoms with Gasteiger partial charge in [-0.25, -0.2) is 18.8 Å². The number of hydrogen-bond acceptors (Lipinski definition) is 5. The monoisotopic (exact) mass is 455 g/mol. The van der Waals surface area contributed by atoms with Crippen molar-refractivity contribution in [2.24, 2.45) is 0 Å². The van der Waals surface area contributed by atoms with Gasteiger partial charge in [0.05, 0.1) is 5.56 Å². The fourth-order valence-electron chi connectivity index (χ4n) is 2.72. The van der Waals surface area contributed by atoms with Crippen LogP contribution in [0.4, 0.5) is 9.18 Å². The summed E-state index contributed by atoms with van der Waals surface area (Å²) < 4.78 is 13.8. The van der Waals surface area contributed by atoms with Crippen LogP contribution in [-0.4, -0.2) is 63.8 Å². The van der Waals surface area contributed by atoms with Crippen molar-refractivity contribution in [2.45, 2.75) is 51.1 Å². The molecule has 0 aliphatic rings. The fourth-order valence-corrected chi connectivity index (χ4v) is 2.72. The van der Waals surface area contributed by atoms with Gasteiger partial charge in [0.1, 0.15) is 17.9 Å². The Morgan fingerprint density at radius 3 is 2.06 bits per heavy atom. The minimum absolute atomic E-state index is 0.00954. The molecule has 0 saturated carbocycles. The van der Waals surface area contributed by atoms with Crippen molar-refractivity contribution in [3.05, 3.63) is 35.1 Å². The first-order chi connectivity index (χ1) is 15.0. The molecule has 1 aromatic rings. The summed E-state index contributed by atoms with van der Waals surface area (Å²) in [6.07, 6.45) is -0.225. The van der Waals surface area contributed by atoms with E-state index in [1.807, 2.05) is 5.32 Å². The molecule has 0 heterocycles. The predicted octanol–water partition coefficient (Wildman–Crippen LogP) is 1.10. The van der Waals surface area contributed by atoms with Crippen molar-refractivity contribution >= 4 is 29.8 Å². The van der Waals surface area contributed by atoms with Crippen molar-refractivity contribution in [3.8, 4) is 0 Å². The standard InChI is InChI=1S/C20H26FN3O8/c1-11-5-6-12(13(21)10-11)17(27)22-9-3-2-4-14(18(28)29)23-20(32)24-15(19(30)31)7-8-16(25)26/h5-6,10,14-15H,2-4,7-9H2,1H3,(H,22,27)(H,25,26)(H,28,29)(H,30,31)(H2,23,24,32)/t14-,15-/m0/s1. The molecule has 12 heteroatoms. The van der Waals surface area contributed by atoms with Crippen LogP contribution in [0.25, 0.3) is 0 Å². The topological polar surface area (TPSA) is 182 Å². The van der Waals surface area contributed by atoms with E-state index in [4.69, 9.17) is 10.2 Å². The predicted molar refractivity (Wildman–Crippen MR) is 109 cm³/mol. The molecule has 0 fully saturated rings. The number of benzene rings is 1. The number of carbonyl (C=O) groups excluding carboxylic acids is 2. The van der Waals surface area contributed by atoms with E-state index in [1.54, 1.807) is 13.0 Å². The van der Waals surface area contributed by atoms with Crippen molar-refractivity contribution in [1.82, 2.24) is 16.0 Å². The molecule has 0 aliphatic heterocycles. The van der Waals surface area contributed by atoms with Gasteiger partial charge in [-0.05, 0) is 50.3 Å². The summed E-state index contributed by atoms with van der Waals surface area (Å²) in [5.74, 6) is -5.28. The van der Waals surface area contributed by atoms with Gasteiger partial charge in [-0.1, -0.05) is 6.07 Å². The molecular weight excluding hydrogens is 429 g/mol. The second kappa shape index (κ2) is 12.9. The van der Waals surface area contributed by atoms with Crippen molar-refractivity contribution < 1.29 is 43.7 Å². The number of halogens is 1. The molecule has 11 nitrogen and oxygen atoms in total. The van der Waals surface area contributed by atoms with Gasteiger partial charge < -0.3 is 31.3 Å². The normalized spacial score (nSPS) is 12.3. The van der Waals surface area contributed by atoms with Crippen molar-refractivity contribution in [2.75, 3.05) is 6.54 Å². The quantitative estimate of drug-likeness (QED) is 0.239. The van der Waals surface area contributed by atoms with Crippen LogP contribution in [0.3, 0.4) is 0 Å². The van der Waals surface area contributed by atoms with E-state index < -0.39 is 54.2 Å². The molecule has 0 aliphatic carbocycles. The molecule has 0 bridgehead atoms. The Bertz CT molecular complexity index is 861. The fraction of sp³-hybridized carbons (Fsp3) is 0.450. The van der Waals surface area contributed by atoms with E-state index in [9.17, 15) is 33.5 Å². The molecule has 0 aromatic heterocycles. The Morgan fingerprint density at radius 2 is 1.53 bits per heavy atom. The molecule has 0 unspecified atom stereocenters. The number of urea groups is 1. The number of carboxylic acids is 3. The Hall–Kier alpha value is -3.70. The van der Waals surface area contributed by atoms with Crippen LogP contribution >= 0.6 is 0 Å². The lowest BCUT2D eigenvalue weighted by Gasteiger charge is -2.18. The Balaban J connectivity index is 2.45. The highest BCUT2D eigenvalue weighted by Crippen LogP contribution is 2.10. The van der Waals surface area contributed by atoms with Gasteiger partial charge in [-0.2, -0.15) is 0 Å². The average molecular weight is 455 g/mol. The first kappa shape index (κ1) is 26.3. The lowest BCUT2D eigenvalue weighted by Crippen LogP contribution is -2.51. The van der Waals surface area contributed by atoms with Gasteiger partial charge >= 0.3 is 23.9 Å². The van der Waals surface area contributed by atoms with Crippen LogP contribution in [0, 0.1) is 12.7 Å². The van der Waals surface area contributed by atoms with Crippen LogP contribution in [0.15, 0.2) is 18.2 Å². The summed E-state index contributed by atoms with van der Waals surface area (Å²) in [6.45, 7) is 1.84. The highest BCUT2D eigenvalue weighted by atomic mass is 19.1. The zero-order valence-electron chi connectivity index (χ0n) is 17.4. The minimum atomic E-state index is -1.49. The Morgan fingerprint density at radius 1 is 0.938 bits per heavy atom. The molecule has 1 rings (SSSR count). The van der Waals surface area contributed by atoms with Crippen LogP contribution in [-0.2, 0) is 14.4 Å². The third-order valence-corrected chi connectivity index (χ3v) is 4.43. The van der Waals surface area contributed by atoms with E-state index in [-0.39, 0.29) is 31.4 Å². The van der Waals surface area contributed by atoms with Gasteiger partial charge in [0.15, 0.2) is 0 Å². The van der Waals surface area contributed by atoms with Crippen molar-refractivity contribution in [1.29, 1.82) is 0 Å². The number of aliphatic carboxylic acids is 3. The summed E-state index contributed by atoms with van der Waals surface area (Å²) in [4.78, 5) is 56.9. The van der Waals surface area contributed by atoms with Gasteiger partial charge in [-0.3, -0.25) is 9.59 Å². The second-order valence-corrected chi connectivity index (χ2v) is 7.07. The second-order valence-electron chi connectivity index (χ2n) is 7.07. The van der Waals surface area contributed by atoms with E-state index in [1.165, 1.54) is 12.1 Å². The molecule has 1 aromatic carbocycles. The number of nitrogens with one attached hydrogen (secondary N) is 3. The minimum Gasteiger partial charge on any atom is -0.481 e. The highest BCUT2D eigenvalue weighted by Gasteiger charge is 2.24. The number of rotatable bonds is 13. The maximum absolute atomic E-state index is 13.8. The lowest BCUT2D eigenvalue weighted by molar-refractivity contribution is -0.140. The largest absolute Gasteiger partial charge is 0.481 e. The molecule has 32 heavy (non-hydrogen) atoms. The number of amides is 3. The number of unbranched alkanes of at least 4 members (excludes halogenated alkanes) is 1. The highest BCUT2D eigenvalue weighted by molar-refractivity contribution is 5.94. The molecule has 3 amide bonds. The van der Waals surface area contributed by atoms with E-state index >= 15 is 0 Å². The van der Waals surface area contributed by atoms with Crippen LogP contribution in [0.5, 0.6) is 0 Å². The van der Waals surface area contributed by atoms with E-state index in [2.05, 4.69) is 10.6 Å². The summed E-state index contributed by atoms with van der Waals surface area (Å²) in [5.41, 5.74) is 0.570. The summed E-state index contributed by atoms with van der Waals surface area (Å²) in [5, 5.41) is 33.6. The number of carboxylic acid groups (broad SMARTS) is 3. The smallest absolute Gasteiger partial charge is 0.326 e. The molecule has 6 N–H and O–H groups in total. The number of hydrogen-bond donors (Lipinski definition) is 6. The van der Waals surface area contributed by atoms with Gasteiger partial charge in [0.25, 0.3) is 5.91 Å². The average Bonchev–Trinajstić information content (AvgIpc) is 2.69. The Kier molecular flexibility index (Phi) is 10.6. The maximum Gasteiger partial charge on any atom is 0.326 e. The van der Waals surface area contributed by atoms with Crippen LogP contribution in [0.1, 0.15) is 48.0 Å². The molecule has 0 saturated heterocycles. The van der Waals surface area contributed by atoms with Crippen molar-refractivity contribution in [3.63, 3.8) is 0 Å². The van der Waals surface area contributed by atoms with Gasteiger partial charge in [-0.15, -0.1) is 0 Å². The van der Waals surface area contributed by atoms with Gasteiger partial charge in [0, 0.05) is 13.0 Å². The third kappa shape index (κ3) is 9.41. The number of carbonyl (C=O) groups is 5. The van der Waals surface area contributed by atoms with E-state index in [0.717, 1.165) is 0 Å². The maximum atomic E-state index is 13.8. The summed E-state index contributed by atoms with van der Waals surface area (Å²) in [6, 6.07) is 0.331. The molecule has 2 atom stereocenters.